The standard InChI is InChI=1S/C10H13N3O3/c1-2-6-11-7(5-8(14)12-6)13-10(3-4-10)9(15)16/h5H,2-4H2,1H3,(H,15,16)(H2,11,12,13,14). The molecule has 2 rings (SSSR count). The Labute approximate surface area is 91.7 Å². The molecule has 0 saturated heterocycles. The number of aromatic nitrogens is 2. The first-order valence-electron chi connectivity index (χ1n) is 5.17. The summed E-state index contributed by atoms with van der Waals surface area (Å²) in [6, 6.07) is 1.28. The number of aromatic amines is 1. The maximum absolute atomic E-state index is 11.3. The van der Waals surface area contributed by atoms with E-state index in [9.17, 15) is 9.59 Å². The van der Waals surface area contributed by atoms with Crippen LogP contribution in [0.25, 0.3) is 0 Å². The third-order valence-corrected chi connectivity index (χ3v) is 2.65. The molecule has 0 bridgehead atoms. The number of hydrogen-bond acceptors (Lipinski definition) is 4. The quantitative estimate of drug-likeness (QED) is 0.685. The highest BCUT2D eigenvalue weighted by Crippen LogP contribution is 2.38. The zero-order chi connectivity index (χ0) is 11.8. The molecule has 0 amide bonds. The van der Waals surface area contributed by atoms with Gasteiger partial charge in [0, 0.05) is 12.5 Å². The Morgan fingerprint density at radius 2 is 2.38 bits per heavy atom. The zero-order valence-electron chi connectivity index (χ0n) is 8.91. The molecule has 0 atom stereocenters. The molecule has 0 spiro atoms. The second-order valence-electron chi connectivity index (χ2n) is 3.94. The summed E-state index contributed by atoms with van der Waals surface area (Å²) in [5.41, 5.74) is -1.18. The molecular formula is C10H13N3O3. The summed E-state index contributed by atoms with van der Waals surface area (Å²) in [5.74, 6) is -0.00989. The number of aliphatic carboxylic acids is 1. The Kier molecular flexibility index (Phi) is 2.41. The Balaban J connectivity index is 2.25. The molecule has 6 nitrogen and oxygen atoms in total. The molecule has 1 aromatic heterocycles. The van der Waals surface area contributed by atoms with Crippen molar-refractivity contribution in [3.05, 3.63) is 22.2 Å². The molecule has 1 aliphatic carbocycles. The van der Waals surface area contributed by atoms with Crippen LogP contribution in [0, 0.1) is 0 Å². The minimum atomic E-state index is -0.911. The van der Waals surface area contributed by atoms with Crippen molar-refractivity contribution in [2.24, 2.45) is 0 Å². The van der Waals surface area contributed by atoms with Crippen LogP contribution in [0.3, 0.4) is 0 Å². The predicted octanol–water partition coefficient (Wildman–Crippen LogP) is 0.361. The number of anilines is 1. The molecule has 1 fully saturated rings. The highest BCUT2D eigenvalue weighted by Gasteiger charge is 2.50. The molecule has 1 heterocycles. The number of carboxylic acids is 1. The minimum absolute atomic E-state index is 0.268. The van der Waals surface area contributed by atoms with Crippen molar-refractivity contribution in [1.82, 2.24) is 9.97 Å². The van der Waals surface area contributed by atoms with Crippen LogP contribution in [0.2, 0.25) is 0 Å². The fourth-order valence-corrected chi connectivity index (χ4v) is 1.50. The van der Waals surface area contributed by atoms with Crippen LogP contribution in [0.15, 0.2) is 10.9 Å². The van der Waals surface area contributed by atoms with Crippen molar-refractivity contribution < 1.29 is 9.90 Å². The van der Waals surface area contributed by atoms with E-state index < -0.39 is 11.5 Å². The Bertz CT molecular complexity index is 476. The number of carbonyl (C=O) groups is 1. The number of H-pyrrole nitrogens is 1. The first-order valence-corrected chi connectivity index (χ1v) is 5.17. The number of nitrogens with zero attached hydrogens (tertiary/aromatic N) is 1. The summed E-state index contributed by atoms with van der Waals surface area (Å²) in [4.78, 5) is 28.9. The fourth-order valence-electron chi connectivity index (χ4n) is 1.50. The molecule has 86 valence electrons. The largest absolute Gasteiger partial charge is 0.480 e. The van der Waals surface area contributed by atoms with Gasteiger partial charge < -0.3 is 15.4 Å². The van der Waals surface area contributed by atoms with Crippen molar-refractivity contribution in [3.8, 4) is 0 Å². The van der Waals surface area contributed by atoms with Gasteiger partial charge >= 0.3 is 5.97 Å². The molecule has 1 aromatic rings. The molecule has 3 N–H and O–H groups in total. The van der Waals surface area contributed by atoms with Crippen LogP contribution in [0.5, 0.6) is 0 Å². The third-order valence-electron chi connectivity index (χ3n) is 2.65. The highest BCUT2D eigenvalue weighted by molar-refractivity contribution is 5.85. The average molecular weight is 223 g/mol. The van der Waals surface area contributed by atoms with Crippen molar-refractivity contribution in [1.29, 1.82) is 0 Å². The second-order valence-corrected chi connectivity index (χ2v) is 3.94. The lowest BCUT2D eigenvalue weighted by molar-refractivity contribution is -0.138. The van der Waals surface area contributed by atoms with Crippen LogP contribution < -0.4 is 10.9 Å². The maximum Gasteiger partial charge on any atom is 0.329 e. The Morgan fingerprint density at radius 1 is 1.69 bits per heavy atom. The van der Waals surface area contributed by atoms with Gasteiger partial charge in [0.1, 0.15) is 17.2 Å². The zero-order valence-corrected chi connectivity index (χ0v) is 8.91. The van der Waals surface area contributed by atoms with Gasteiger partial charge in [0.2, 0.25) is 0 Å². The number of nitrogens with one attached hydrogen (secondary N) is 2. The first-order chi connectivity index (χ1) is 7.55. The Hall–Kier alpha value is -1.85. The topological polar surface area (TPSA) is 95.1 Å². The van der Waals surface area contributed by atoms with Gasteiger partial charge in [-0.05, 0) is 12.8 Å². The molecule has 6 heteroatoms. The van der Waals surface area contributed by atoms with Crippen LogP contribution in [-0.4, -0.2) is 26.6 Å². The van der Waals surface area contributed by atoms with E-state index in [1.165, 1.54) is 6.07 Å². The molecule has 16 heavy (non-hydrogen) atoms. The van der Waals surface area contributed by atoms with Gasteiger partial charge in [-0.2, -0.15) is 0 Å². The van der Waals surface area contributed by atoms with Crippen molar-refractivity contribution in [2.75, 3.05) is 5.32 Å². The average Bonchev–Trinajstić information content (AvgIpc) is 2.98. The maximum atomic E-state index is 11.3. The SMILES string of the molecule is CCc1nc(NC2(C(=O)O)CC2)cc(=O)[nH]1. The summed E-state index contributed by atoms with van der Waals surface area (Å²) in [6.45, 7) is 1.87. The molecule has 0 aliphatic heterocycles. The van der Waals surface area contributed by atoms with Gasteiger partial charge in [-0.1, -0.05) is 6.92 Å². The van der Waals surface area contributed by atoms with Crippen LogP contribution in [0.1, 0.15) is 25.6 Å². The van der Waals surface area contributed by atoms with E-state index in [0.29, 0.717) is 30.9 Å². The van der Waals surface area contributed by atoms with Crippen molar-refractivity contribution >= 4 is 11.8 Å². The second kappa shape index (κ2) is 3.62. The van der Waals surface area contributed by atoms with Crippen LogP contribution >= 0.6 is 0 Å². The van der Waals surface area contributed by atoms with Gasteiger partial charge in [0.15, 0.2) is 0 Å². The number of hydrogen-bond donors (Lipinski definition) is 3. The number of carboxylic acid groups (broad SMARTS) is 1. The van der Waals surface area contributed by atoms with E-state index in [1.807, 2.05) is 6.92 Å². The van der Waals surface area contributed by atoms with Crippen molar-refractivity contribution in [3.63, 3.8) is 0 Å². The normalized spacial score (nSPS) is 16.8. The Morgan fingerprint density at radius 3 is 2.88 bits per heavy atom. The lowest BCUT2D eigenvalue weighted by Crippen LogP contribution is -2.32. The summed E-state index contributed by atoms with van der Waals surface area (Å²) < 4.78 is 0. The lowest BCUT2D eigenvalue weighted by Gasteiger charge is -2.13. The van der Waals surface area contributed by atoms with Gasteiger partial charge in [-0.3, -0.25) is 4.79 Å². The molecule has 0 unspecified atom stereocenters. The third kappa shape index (κ3) is 1.91. The van der Waals surface area contributed by atoms with Gasteiger partial charge in [-0.15, -0.1) is 0 Å². The highest BCUT2D eigenvalue weighted by atomic mass is 16.4. The molecule has 0 radical (unpaired) electrons. The first kappa shape index (κ1) is 10.7. The van der Waals surface area contributed by atoms with E-state index in [2.05, 4.69) is 15.3 Å². The molecule has 1 aliphatic rings. The fraction of sp³-hybridized carbons (Fsp3) is 0.500. The van der Waals surface area contributed by atoms with Crippen LogP contribution in [0.4, 0.5) is 5.82 Å². The van der Waals surface area contributed by atoms with E-state index in [4.69, 9.17) is 5.11 Å². The summed E-state index contributed by atoms with van der Waals surface area (Å²) in [6.07, 6.45) is 1.74. The molecule has 1 saturated carbocycles. The monoisotopic (exact) mass is 223 g/mol. The van der Waals surface area contributed by atoms with E-state index in [1.54, 1.807) is 0 Å². The van der Waals surface area contributed by atoms with E-state index >= 15 is 0 Å². The molecule has 0 aromatic carbocycles. The van der Waals surface area contributed by atoms with E-state index in [0.717, 1.165) is 0 Å². The number of rotatable bonds is 4. The van der Waals surface area contributed by atoms with Gasteiger partial charge in [0.25, 0.3) is 5.56 Å². The van der Waals surface area contributed by atoms with Crippen molar-refractivity contribution in [2.45, 2.75) is 31.7 Å². The lowest BCUT2D eigenvalue weighted by atomic mass is 10.3. The smallest absolute Gasteiger partial charge is 0.329 e. The van der Waals surface area contributed by atoms with Gasteiger partial charge in [-0.25, -0.2) is 9.78 Å². The van der Waals surface area contributed by atoms with Gasteiger partial charge in [0.05, 0.1) is 0 Å². The summed E-state index contributed by atoms with van der Waals surface area (Å²) in [7, 11) is 0. The minimum Gasteiger partial charge on any atom is -0.480 e. The summed E-state index contributed by atoms with van der Waals surface area (Å²) in [5, 5.41) is 11.8. The van der Waals surface area contributed by atoms with E-state index in [-0.39, 0.29) is 5.56 Å². The number of aryl methyl sites for hydroxylation is 1. The van der Waals surface area contributed by atoms with Crippen LogP contribution in [-0.2, 0) is 11.2 Å². The summed E-state index contributed by atoms with van der Waals surface area (Å²) >= 11 is 0. The predicted molar refractivity (Wildman–Crippen MR) is 57.5 cm³/mol. The molecular weight excluding hydrogens is 210 g/mol.